The normalized spacial score (nSPS) is 20.1. The Balaban J connectivity index is 1.40. The van der Waals surface area contributed by atoms with Crippen molar-refractivity contribution in [3.8, 4) is 11.1 Å². The first-order chi connectivity index (χ1) is 15.1. The number of benzene rings is 1. The zero-order valence-corrected chi connectivity index (χ0v) is 18.1. The second-order valence-electron chi connectivity index (χ2n) is 9.42. The van der Waals surface area contributed by atoms with E-state index in [4.69, 9.17) is 0 Å². The van der Waals surface area contributed by atoms with Crippen LogP contribution in [0.1, 0.15) is 42.9 Å². The Morgan fingerprint density at radius 1 is 1.13 bits per heavy atom. The number of aryl methyl sites for hydroxylation is 2. The van der Waals surface area contributed by atoms with Gasteiger partial charge in [-0.1, -0.05) is 0 Å². The zero-order valence-electron chi connectivity index (χ0n) is 18.1. The number of aromatic amines is 1. The van der Waals surface area contributed by atoms with Gasteiger partial charge in [0.25, 0.3) is 0 Å². The highest BCUT2D eigenvalue weighted by Crippen LogP contribution is 2.33. The van der Waals surface area contributed by atoms with Crippen molar-refractivity contribution in [3.05, 3.63) is 52.3 Å². The first-order valence-corrected chi connectivity index (χ1v) is 11.3. The fourth-order valence-corrected chi connectivity index (χ4v) is 5.26. The number of hydrogen-bond donors (Lipinski definition) is 1. The van der Waals surface area contributed by atoms with E-state index in [-0.39, 0.29) is 11.7 Å². The number of piperidine rings is 1. The molecule has 0 amide bonds. The topological polar surface area (TPSA) is 71.2 Å². The minimum absolute atomic E-state index is 0.00716. The van der Waals surface area contributed by atoms with Crippen LogP contribution in [-0.4, -0.2) is 48.7 Å². The molecule has 2 fully saturated rings. The van der Waals surface area contributed by atoms with Crippen LogP contribution in [0.2, 0.25) is 0 Å². The predicted molar refractivity (Wildman–Crippen MR) is 121 cm³/mol. The van der Waals surface area contributed by atoms with Crippen LogP contribution in [0.3, 0.4) is 0 Å². The molecule has 1 N–H and O–H groups in total. The molecule has 1 atom stereocenters. The molecule has 160 valence electrons. The van der Waals surface area contributed by atoms with Crippen molar-refractivity contribution in [2.24, 2.45) is 5.92 Å². The van der Waals surface area contributed by atoms with Crippen LogP contribution >= 0.6 is 0 Å². The number of hydrogen-bond acceptors (Lipinski definition) is 4. The molecule has 3 aromatic heterocycles. The lowest BCUT2D eigenvalue weighted by Gasteiger charge is -2.33. The van der Waals surface area contributed by atoms with Crippen molar-refractivity contribution in [3.63, 3.8) is 0 Å². The van der Waals surface area contributed by atoms with Gasteiger partial charge < -0.3 is 9.88 Å². The number of nitrogens with zero attached hydrogens (tertiary/aromatic N) is 5. The Morgan fingerprint density at radius 3 is 2.84 bits per heavy atom. The average molecular weight is 417 g/mol. The molecule has 0 spiro atoms. The second kappa shape index (κ2) is 7.05. The van der Waals surface area contributed by atoms with E-state index >= 15 is 0 Å². The Bertz CT molecular complexity index is 1340. The second-order valence-corrected chi connectivity index (χ2v) is 9.42. The van der Waals surface area contributed by atoms with E-state index < -0.39 is 0 Å². The van der Waals surface area contributed by atoms with E-state index in [9.17, 15) is 4.79 Å². The molecule has 1 aliphatic heterocycles. The van der Waals surface area contributed by atoms with Crippen molar-refractivity contribution in [2.45, 2.75) is 45.6 Å². The van der Waals surface area contributed by atoms with Gasteiger partial charge in [0, 0.05) is 24.8 Å². The molecule has 4 heterocycles. The summed E-state index contributed by atoms with van der Waals surface area (Å²) in [6.07, 6.45) is 8.56. The first kappa shape index (κ1) is 18.8. The van der Waals surface area contributed by atoms with Gasteiger partial charge in [-0.05, 0) is 86.9 Å². The van der Waals surface area contributed by atoms with Crippen LogP contribution in [0.25, 0.3) is 27.8 Å². The van der Waals surface area contributed by atoms with Gasteiger partial charge in [0.2, 0.25) is 0 Å². The van der Waals surface area contributed by atoms with Crippen molar-refractivity contribution in [1.82, 2.24) is 29.0 Å². The predicted octanol–water partition coefficient (Wildman–Crippen LogP) is 3.70. The maximum absolute atomic E-state index is 13.0. The Hall–Kier alpha value is -2.93. The van der Waals surface area contributed by atoms with Gasteiger partial charge in [0.1, 0.15) is 6.33 Å². The van der Waals surface area contributed by atoms with Crippen LogP contribution in [0.15, 0.2) is 35.5 Å². The monoisotopic (exact) mass is 416 g/mol. The fourth-order valence-electron chi connectivity index (χ4n) is 5.26. The lowest BCUT2D eigenvalue weighted by molar-refractivity contribution is 0.171. The van der Waals surface area contributed by atoms with Crippen molar-refractivity contribution in [2.75, 3.05) is 19.6 Å². The molecule has 2 aliphatic rings. The summed E-state index contributed by atoms with van der Waals surface area (Å²) in [5.74, 6) is 0.883. The molecule has 0 unspecified atom stereocenters. The van der Waals surface area contributed by atoms with Gasteiger partial charge in [-0.25, -0.2) is 14.3 Å². The first-order valence-electron chi connectivity index (χ1n) is 11.3. The van der Waals surface area contributed by atoms with E-state index in [1.165, 1.54) is 19.4 Å². The van der Waals surface area contributed by atoms with Gasteiger partial charge >= 0.3 is 5.69 Å². The number of likely N-dealkylation sites (tertiary alicyclic amines) is 1. The van der Waals surface area contributed by atoms with E-state index in [0.717, 1.165) is 70.8 Å². The molecule has 1 saturated heterocycles. The fraction of sp³-hybridized carbons (Fsp3) is 0.458. The van der Waals surface area contributed by atoms with Crippen LogP contribution in [-0.2, 0) is 0 Å². The standard InChI is InChI=1S/C24H28N6O/c1-15-9-22-21(10-20(15)18-8-16(2)23-25-14-26-29(23)12-18)27-24(31)30(22)19-4-3-7-28(13-19)11-17-5-6-17/h8-10,12,14,17,19H,3-7,11,13H2,1-2H3,(H,27,31)/t19-/m1/s1. The van der Waals surface area contributed by atoms with E-state index in [2.05, 4.69) is 52.0 Å². The highest BCUT2D eigenvalue weighted by Gasteiger charge is 2.29. The highest BCUT2D eigenvalue weighted by atomic mass is 16.1. The lowest BCUT2D eigenvalue weighted by atomic mass is 9.99. The summed E-state index contributed by atoms with van der Waals surface area (Å²) >= 11 is 0. The van der Waals surface area contributed by atoms with Crippen LogP contribution in [0.5, 0.6) is 0 Å². The van der Waals surface area contributed by atoms with Crippen LogP contribution in [0.4, 0.5) is 0 Å². The minimum Gasteiger partial charge on any atom is -0.306 e. The summed E-state index contributed by atoms with van der Waals surface area (Å²) in [7, 11) is 0. The van der Waals surface area contributed by atoms with E-state index in [0.29, 0.717) is 0 Å². The summed E-state index contributed by atoms with van der Waals surface area (Å²) in [5.41, 5.74) is 7.23. The Morgan fingerprint density at radius 2 is 2.00 bits per heavy atom. The van der Waals surface area contributed by atoms with Crippen molar-refractivity contribution >= 4 is 16.7 Å². The number of aromatic nitrogens is 5. The van der Waals surface area contributed by atoms with Crippen molar-refractivity contribution in [1.29, 1.82) is 0 Å². The molecule has 0 bridgehead atoms. The van der Waals surface area contributed by atoms with Gasteiger partial charge in [0.05, 0.1) is 17.1 Å². The average Bonchev–Trinajstić information content (AvgIpc) is 3.31. The third-order valence-electron chi connectivity index (χ3n) is 6.99. The SMILES string of the molecule is Cc1cc2c(cc1-c1cc(C)c3ncnn3c1)[nH]c(=O)n2[C@@H]1CCCN(CC2CC2)C1. The summed E-state index contributed by atoms with van der Waals surface area (Å²) in [5, 5.41) is 4.31. The molecule has 6 rings (SSSR count). The maximum atomic E-state index is 13.0. The van der Waals surface area contributed by atoms with Gasteiger partial charge in [-0.15, -0.1) is 0 Å². The molecule has 7 nitrogen and oxygen atoms in total. The van der Waals surface area contributed by atoms with Gasteiger partial charge in [-0.3, -0.25) is 4.57 Å². The summed E-state index contributed by atoms with van der Waals surface area (Å²) in [6, 6.07) is 6.67. The molecule has 31 heavy (non-hydrogen) atoms. The number of fused-ring (bicyclic) bond motifs is 2. The highest BCUT2D eigenvalue weighted by molar-refractivity contribution is 5.84. The van der Waals surface area contributed by atoms with Crippen molar-refractivity contribution < 1.29 is 0 Å². The molecular formula is C24H28N6O. The lowest BCUT2D eigenvalue weighted by Crippen LogP contribution is -2.40. The molecule has 1 aliphatic carbocycles. The Labute approximate surface area is 180 Å². The minimum atomic E-state index is 0.00716. The summed E-state index contributed by atoms with van der Waals surface area (Å²) in [4.78, 5) is 23.0. The van der Waals surface area contributed by atoms with Gasteiger partial charge in [0.15, 0.2) is 5.65 Å². The third-order valence-corrected chi connectivity index (χ3v) is 6.99. The molecule has 4 aromatic rings. The maximum Gasteiger partial charge on any atom is 0.326 e. The quantitative estimate of drug-likeness (QED) is 0.551. The Kier molecular flexibility index (Phi) is 4.28. The summed E-state index contributed by atoms with van der Waals surface area (Å²) < 4.78 is 3.83. The number of H-pyrrole nitrogens is 1. The largest absolute Gasteiger partial charge is 0.326 e. The summed E-state index contributed by atoms with van der Waals surface area (Å²) in [6.45, 7) is 7.51. The third kappa shape index (κ3) is 3.28. The van der Waals surface area contributed by atoms with Gasteiger partial charge in [-0.2, -0.15) is 5.10 Å². The molecule has 7 heteroatoms. The molecular weight excluding hydrogens is 388 g/mol. The number of imidazole rings is 1. The zero-order chi connectivity index (χ0) is 21.1. The van der Waals surface area contributed by atoms with Crippen LogP contribution in [0, 0.1) is 19.8 Å². The van der Waals surface area contributed by atoms with Crippen LogP contribution < -0.4 is 5.69 Å². The number of rotatable bonds is 4. The molecule has 1 saturated carbocycles. The van der Waals surface area contributed by atoms with E-state index in [1.54, 1.807) is 6.33 Å². The smallest absolute Gasteiger partial charge is 0.306 e. The number of nitrogens with one attached hydrogen (secondary N) is 1. The molecule has 1 aromatic carbocycles. The number of pyridine rings is 1. The molecule has 0 radical (unpaired) electrons. The van der Waals surface area contributed by atoms with E-state index in [1.807, 2.05) is 15.3 Å².